The topological polar surface area (TPSA) is 116 Å². The number of nitrogens with zero attached hydrogens (tertiary/aromatic N) is 7. The van der Waals surface area contributed by atoms with Gasteiger partial charge in [-0.3, -0.25) is 0 Å². The van der Waals surface area contributed by atoms with Gasteiger partial charge in [-0.15, -0.1) is 0 Å². The van der Waals surface area contributed by atoms with E-state index < -0.39 is 0 Å². The second kappa shape index (κ2) is 9.87. The van der Waals surface area contributed by atoms with Gasteiger partial charge in [0.2, 0.25) is 5.95 Å². The molecular weight excluding hydrogens is 450 g/mol. The SMILES string of the molecule is [N-]=[N+]=Nc1cccc(-c2nn3c(NC4CCCC4)cccc3c2-c2ccnc(NC3CCCC3)n2)c1. The fourth-order valence-corrected chi connectivity index (χ4v) is 5.50. The third-order valence-electron chi connectivity index (χ3n) is 7.24. The lowest BCUT2D eigenvalue weighted by atomic mass is 10.0. The number of anilines is 2. The summed E-state index contributed by atoms with van der Waals surface area (Å²) < 4.78 is 1.98. The number of azide groups is 1. The Balaban J connectivity index is 1.49. The van der Waals surface area contributed by atoms with Crippen LogP contribution in [0.2, 0.25) is 0 Å². The Labute approximate surface area is 209 Å². The van der Waals surface area contributed by atoms with Crippen LogP contribution >= 0.6 is 0 Å². The van der Waals surface area contributed by atoms with Gasteiger partial charge in [-0.2, -0.15) is 5.10 Å². The summed E-state index contributed by atoms with van der Waals surface area (Å²) in [5.41, 5.74) is 13.9. The summed E-state index contributed by atoms with van der Waals surface area (Å²) >= 11 is 0. The van der Waals surface area contributed by atoms with E-state index in [0.29, 0.717) is 23.7 Å². The zero-order valence-corrected chi connectivity index (χ0v) is 20.1. The zero-order valence-electron chi connectivity index (χ0n) is 20.1. The van der Waals surface area contributed by atoms with E-state index in [2.05, 4.69) is 43.8 Å². The predicted molar refractivity (Wildman–Crippen MR) is 142 cm³/mol. The molecule has 36 heavy (non-hydrogen) atoms. The highest BCUT2D eigenvalue weighted by Crippen LogP contribution is 2.37. The second-order valence-corrected chi connectivity index (χ2v) is 9.69. The normalized spacial score (nSPS) is 16.3. The minimum atomic E-state index is 0.423. The van der Waals surface area contributed by atoms with Crippen LogP contribution in [-0.2, 0) is 0 Å². The van der Waals surface area contributed by atoms with Gasteiger partial charge in [-0.05, 0) is 55.5 Å². The van der Waals surface area contributed by atoms with Crippen LogP contribution in [0.25, 0.3) is 38.5 Å². The van der Waals surface area contributed by atoms with E-state index in [1.807, 2.05) is 35.0 Å². The standard InChI is InChI=1S/C27H29N9/c28-35-33-21-12-5-7-18(17-21)26-25(22-15-16-29-27(32-22)31-20-10-3-4-11-20)23-13-6-14-24(36(23)34-26)30-19-8-1-2-9-19/h5-7,12-17,19-20,30H,1-4,8-11H2,(H,29,31,32). The average molecular weight is 480 g/mol. The molecule has 0 amide bonds. The summed E-state index contributed by atoms with van der Waals surface area (Å²) in [7, 11) is 0. The van der Waals surface area contributed by atoms with Gasteiger partial charge in [0.25, 0.3) is 0 Å². The molecule has 1 aromatic carbocycles. The van der Waals surface area contributed by atoms with E-state index in [4.69, 9.17) is 15.6 Å². The lowest BCUT2D eigenvalue weighted by Gasteiger charge is -2.14. The molecule has 6 rings (SSSR count). The van der Waals surface area contributed by atoms with Crippen LogP contribution in [0.3, 0.4) is 0 Å². The smallest absolute Gasteiger partial charge is 0.223 e. The van der Waals surface area contributed by atoms with Gasteiger partial charge >= 0.3 is 0 Å². The summed E-state index contributed by atoms with van der Waals surface area (Å²) in [5, 5.41) is 16.1. The van der Waals surface area contributed by atoms with E-state index in [1.165, 1.54) is 38.5 Å². The summed E-state index contributed by atoms with van der Waals surface area (Å²) in [4.78, 5) is 12.4. The largest absolute Gasteiger partial charge is 0.367 e. The van der Waals surface area contributed by atoms with E-state index in [9.17, 15) is 0 Å². The maximum Gasteiger partial charge on any atom is 0.223 e. The van der Waals surface area contributed by atoms with Crippen LogP contribution in [0.1, 0.15) is 51.4 Å². The highest BCUT2D eigenvalue weighted by Gasteiger charge is 2.22. The first-order valence-corrected chi connectivity index (χ1v) is 12.8. The molecule has 0 unspecified atom stereocenters. The molecule has 2 aliphatic rings. The molecule has 2 fully saturated rings. The summed E-state index contributed by atoms with van der Waals surface area (Å²) in [5.74, 6) is 1.62. The first kappa shape index (κ1) is 22.4. The van der Waals surface area contributed by atoms with E-state index in [-0.39, 0.29) is 0 Å². The van der Waals surface area contributed by atoms with Crippen LogP contribution in [0.15, 0.2) is 59.8 Å². The maximum atomic E-state index is 8.95. The van der Waals surface area contributed by atoms with Crippen LogP contribution in [0, 0.1) is 0 Å². The highest BCUT2D eigenvalue weighted by atomic mass is 15.3. The third kappa shape index (κ3) is 4.45. The van der Waals surface area contributed by atoms with Gasteiger partial charge in [0, 0.05) is 34.4 Å². The third-order valence-corrected chi connectivity index (χ3v) is 7.24. The van der Waals surface area contributed by atoms with Gasteiger partial charge in [0.1, 0.15) is 11.5 Å². The van der Waals surface area contributed by atoms with Gasteiger partial charge in [0.05, 0.1) is 16.8 Å². The lowest BCUT2D eigenvalue weighted by molar-refractivity contribution is 0.742. The molecule has 0 radical (unpaired) electrons. The predicted octanol–water partition coefficient (Wildman–Crippen LogP) is 7.11. The van der Waals surface area contributed by atoms with Crippen molar-refractivity contribution in [1.29, 1.82) is 0 Å². The van der Waals surface area contributed by atoms with Crippen molar-refractivity contribution in [3.63, 3.8) is 0 Å². The molecule has 182 valence electrons. The van der Waals surface area contributed by atoms with Crippen molar-refractivity contribution in [3.8, 4) is 22.5 Å². The van der Waals surface area contributed by atoms with E-state index in [1.54, 1.807) is 6.07 Å². The fourth-order valence-electron chi connectivity index (χ4n) is 5.50. The van der Waals surface area contributed by atoms with Gasteiger partial charge in [-0.1, -0.05) is 55.1 Å². The molecule has 9 heteroatoms. The Morgan fingerprint density at radius 3 is 2.44 bits per heavy atom. The maximum absolute atomic E-state index is 8.95. The Hall–Kier alpha value is -4.10. The molecular formula is C27H29N9. The molecule has 3 aromatic heterocycles. The summed E-state index contributed by atoms with van der Waals surface area (Å²) in [6.07, 6.45) is 11.5. The highest BCUT2D eigenvalue weighted by molar-refractivity contribution is 5.92. The van der Waals surface area contributed by atoms with Crippen LogP contribution in [0.5, 0.6) is 0 Å². The Morgan fingerprint density at radius 1 is 0.917 bits per heavy atom. The number of nitrogens with one attached hydrogen (secondary N) is 2. The number of aromatic nitrogens is 4. The molecule has 0 saturated heterocycles. The molecule has 0 atom stereocenters. The monoisotopic (exact) mass is 479 g/mol. The fraction of sp³-hybridized carbons (Fsp3) is 0.370. The molecule has 0 bridgehead atoms. The van der Waals surface area contributed by atoms with Crippen molar-refractivity contribution in [2.24, 2.45) is 5.11 Å². The quantitative estimate of drug-likeness (QED) is 0.166. The number of rotatable bonds is 7. The molecule has 0 aliphatic heterocycles. The lowest BCUT2D eigenvalue weighted by Crippen LogP contribution is -2.17. The van der Waals surface area contributed by atoms with Crippen LogP contribution in [-0.4, -0.2) is 31.7 Å². The molecule has 3 heterocycles. The van der Waals surface area contributed by atoms with Crippen LogP contribution in [0.4, 0.5) is 17.5 Å². The molecule has 2 saturated carbocycles. The summed E-state index contributed by atoms with van der Waals surface area (Å²) in [6, 6.07) is 16.6. The van der Waals surface area contributed by atoms with Gasteiger partial charge < -0.3 is 10.6 Å². The number of pyridine rings is 1. The van der Waals surface area contributed by atoms with Crippen molar-refractivity contribution in [1.82, 2.24) is 19.6 Å². The van der Waals surface area contributed by atoms with E-state index in [0.717, 1.165) is 46.7 Å². The van der Waals surface area contributed by atoms with Crippen molar-refractivity contribution in [2.75, 3.05) is 10.6 Å². The van der Waals surface area contributed by atoms with E-state index >= 15 is 0 Å². The van der Waals surface area contributed by atoms with Gasteiger partial charge in [-0.25, -0.2) is 14.5 Å². The molecule has 0 spiro atoms. The molecule has 2 aliphatic carbocycles. The van der Waals surface area contributed by atoms with Crippen molar-refractivity contribution in [2.45, 2.75) is 63.5 Å². The van der Waals surface area contributed by atoms with Crippen molar-refractivity contribution >= 4 is 23.0 Å². The van der Waals surface area contributed by atoms with Gasteiger partial charge in [0.15, 0.2) is 0 Å². The van der Waals surface area contributed by atoms with Crippen molar-refractivity contribution in [3.05, 3.63) is 65.2 Å². The Morgan fingerprint density at radius 2 is 1.67 bits per heavy atom. The second-order valence-electron chi connectivity index (χ2n) is 9.69. The minimum Gasteiger partial charge on any atom is -0.367 e. The van der Waals surface area contributed by atoms with Crippen molar-refractivity contribution < 1.29 is 0 Å². The Kier molecular flexibility index (Phi) is 6.13. The Bertz CT molecular complexity index is 1420. The first-order valence-electron chi connectivity index (χ1n) is 12.8. The number of hydrogen-bond donors (Lipinski definition) is 2. The first-order chi connectivity index (χ1) is 17.8. The molecule has 4 aromatic rings. The molecule has 2 N–H and O–H groups in total. The number of benzene rings is 1. The van der Waals surface area contributed by atoms with Crippen LogP contribution < -0.4 is 10.6 Å². The number of fused-ring (bicyclic) bond motifs is 1. The number of hydrogen-bond acceptors (Lipinski definition) is 6. The average Bonchev–Trinajstić information content (AvgIpc) is 3.66. The zero-order chi connectivity index (χ0) is 24.3. The summed E-state index contributed by atoms with van der Waals surface area (Å²) in [6.45, 7) is 0. The molecule has 9 nitrogen and oxygen atoms in total. The minimum absolute atomic E-state index is 0.423.